The quantitative estimate of drug-likeness (QED) is 0.337. The van der Waals surface area contributed by atoms with Crippen molar-refractivity contribution < 1.29 is 14.7 Å². The van der Waals surface area contributed by atoms with Gasteiger partial charge in [0.15, 0.2) is 0 Å². The van der Waals surface area contributed by atoms with Crippen LogP contribution in [0, 0.1) is 0 Å². The number of hydrogen-bond donors (Lipinski definition) is 3. The average molecular weight is 414 g/mol. The van der Waals surface area contributed by atoms with E-state index in [4.69, 9.17) is 20.7 Å². The lowest BCUT2D eigenvalue weighted by Gasteiger charge is -2.38. The van der Waals surface area contributed by atoms with Crippen molar-refractivity contribution >= 4 is 11.7 Å². The lowest BCUT2D eigenvalue weighted by molar-refractivity contribution is 0.127. The molecule has 2 aromatic heterocycles. The highest BCUT2D eigenvalue weighted by Gasteiger charge is 2.34. The highest BCUT2D eigenvalue weighted by Crippen LogP contribution is 2.40. The van der Waals surface area contributed by atoms with Gasteiger partial charge >= 0.3 is 6.09 Å². The Labute approximate surface area is 179 Å². The van der Waals surface area contributed by atoms with Gasteiger partial charge in [0.05, 0.1) is 17.6 Å². The zero-order valence-electron chi connectivity index (χ0n) is 16.8. The predicted molar refractivity (Wildman–Crippen MR) is 117 cm³/mol. The lowest BCUT2D eigenvalue weighted by Crippen LogP contribution is -2.43. The van der Waals surface area contributed by atoms with Crippen molar-refractivity contribution in [3.05, 3.63) is 78.5 Å². The third-order valence-corrected chi connectivity index (χ3v) is 5.92. The molecular weight excluding hydrogens is 392 g/mol. The van der Waals surface area contributed by atoms with Gasteiger partial charge < -0.3 is 10.5 Å². The van der Waals surface area contributed by atoms with Gasteiger partial charge in [0.1, 0.15) is 11.4 Å². The van der Waals surface area contributed by atoms with Crippen LogP contribution in [0.3, 0.4) is 0 Å². The van der Waals surface area contributed by atoms with Crippen LogP contribution in [-0.4, -0.2) is 20.7 Å². The second kappa shape index (κ2) is 7.54. The number of benzene rings is 2. The molecule has 2 heterocycles. The summed E-state index contributed by atoms with van der Waals surface area (Å²) >= 11 is 0. The minimum atomic E-state index is -0.955. The number of ether oxygens (including phenoxy) is 1. The van der Waals surface area contributed by atoms with Crippen molar-refractivity contribution in [2.75, 3.05) is 0 Å². The number of carbonyl (C=O) groups excluding carboxylic acids is 1. The van der Waals surface area contributed by atoms with Crippen LogP contribution < -0.4 is 16.0 Å². The smallest absolute Gasteiger partial charge is 0.407 e. The lowest BCUT2D eigenvalue weighted by atomic mass is 9.72. The van der Waals surface area contributed by atoms with Crippen molar-refractivity contribution in [1.82, 2.24) is 14.9 Å². The summed E-state index contributed by atoms with van der Waals surface area (Å²) in [5, 5.41) is 8.74. The standard InChI is InChI=1S/C24H22N4O3/c25-24(13-4-14-24)18-9-7-16(8-10-18)21-22(17-5-2-1-3-6-17)28-15-19(31-23(29)27-30)11-12-20(28)26-21/h1-3,5-12,15,30H,4,13-14,25H2,(H,27,29). The number of imidazole rings is 1. The summed E-state index contributed by atoms with van der Waals surface area (Å²) in [6.45, 7) is 0. The molecular formula is C24H22N4O3. The number of hydroxylamine groups is 1. The van der Waals surface area contributed by atoms with Gasteiger partial charge in [-0.25, -0.2) is 15.3 Å². The van der Waals surface area contributed by atoms with E-state index in [-0.39, 0.29) is 11.3 Å². The normalized spacial score (nSPS) is 14.8. The molecule has 31 heavy (non-hydrogen) atoms. The number of carbonyl (C=O) groups is 1. The zero-order valence-corrected chi connectivity index (χ0v) is 16.8. The molecule has 1 fully saturated rings. The number of aromatic nitrogens is 2. The van der Waals surface area contributed by atoms with Crippen molar-refractivity contribution in [1.29, 1.82) is 0 Å². The summed E-state index contributed by atoms with van der Waals surface area (Å²) in [6.07, 6.45) is 3.92. The number of nitrogens with two attached hydrogens (primary N) is 1. The van der Waals surface area contributed by atoms with Gasteiger partial charge in [0, 0.05) is 16.7 Å². The van der Waals surface area contributed by atoms with E-state index < -0.39 is 6.09 Å². The van der Waals surface area contributed by atoms with E-state index in [9.17, 15) is 4.79 Å². The van der Waals surface area contributed by atoms with Crippen molar-refractivity contribution in [3.8, 4) is 28.3 Å². The Morgan fingerprint density at radius 2 is 1.77 bits per heavy atom. The van der Waals surface area contributed by atoms with E-state index in [2.05, 4.69) is 24.3 Å². The Bertz CT molecular complexity index is 1250. The molecule has 0 aliphatic heterocycles. The summed E-state index contributed by atoms with van der Waals surface area (Å²) in [7, 11) is 0. The Kier molecular flexibility index (Phi) is 4.69. The van der Waals surface area contributed by atoms with Crippen LogP contribution in [0.5, 0.6) is 5.75 Å². The number of pyridine rings is 1. The van der Waals surface area contributed by atoms with E-state index >= 15 is 0 Å². The molecule has 4 N–H and O–H groups in total. The maximum absolute atomic E-state index is 11.4. The van der Waals surface area contributed by atoms with Crippen LogP contribution in [0.1, 0.15) is 24.8 Å². The fourth-order valence-corrected chi connectivity index (χ4v) is 4.09. The molecule has 1 saturated carbocycles. The second-order valence-electron chi connectivity index (χ2n) is 7.86. The summed E-state index contributed by atoms with van der Waals surface area (Å²) in [5.41, 5.74) is 13.3. The van der Waals surface area contributed by atoms with Crippen LogP contribution in [0.2, 0.25) is 0 Å². The molecule has 5 rings (SSSR count). The average Bonchev–Trinajstić information content (AvgIpc) is 3.17. The van der Waals surface area contributed by atoms with Gasteiger partial charge in [-0.2, -0.15) is 0 Å². The van der Waals surface area contributed by atoms with Crippen LogP contribution in [-0.2, 0) is 5.54 Å². The Balaban J connectivity index is 1.64. The molecule has 1 aliphatic carbocycles. The number of fused-ring (bicyclic) bond motifs is 1. The minimum Gasteiger partial charge on any atom is -0.407 e. The molecule has 0 unspecified atom stereocenters. The van der Waals surface area contributed by atoms with Crippen molar-refractivity contribution in [3.63, 3.8) is 0 Å². The van der Waals surface area contributed by atoms with Gasteiger partial charge in [0.2, 0.25) is 0 Å². The van der Waals surface area contributed by atoms with E-state index in [0.717, 1.165) is 40.9 Å². The van der Waals surface area contributed by atoms with Crippen LogP contribution in [0.15, 0.2) is 72.9 Å². The van der Waals surface area contributed by atoms with Crippen molar-refractivity contribution in [2.45, 2.75) is 24.8 Å². The molecule has 0 radical (unpaired) electrons. The Morgan fingerprint density at radius 3 is 2.42 bits per heavy atom. The molecule has 0 saturated heterocycles. The van der Waals surface area contributed by atoms with E-state index in [0.29, 0.717) is 5.65 Å². The third-order valence-electron chi connectivity index (χ3n) is 5.92. The number of hydrogen-bond acceptors (Lipinski definition) is 5. The van der Waals surface area contributed by atoms with Gasteiger partial charge in [0.25, 0.3) is 0 Å². The largest absolute Gasteiger partial charge is 0.436 e. The maximum atomic E-state index is 11.4. The summed E-state index contributed by atoms with van der Waals surface area (Å²) in [5.74, 6) is 0.283. The first-order chi connectivity index (χ1) is 15.1. The highest BCUT2D eigenvalue weighted by molar-refractivity contribution is 5.82. The SMILES string of the molecule is NC1(c2ccc(-c3nc4ccc(OC(=O)NO)cn4c3-c3ccccc3)cc2)CCC1. The number of rotatable bonds is 4. The molecule has 0 spiro atoms. The first kappa shape index (κ1) is 19.3. The number of nitrogens with zero attached hydrogens (tertiary/aromatic N) is 2. The first-order valence-electron chi connectivity index (χ1n) is 10.2. The molecule has 2 aromatic carbocycles. The summed E-state index contributed by atoms with van der Waals surface area (Å²) in [4.78, 5) is 16.3. The molecule has 7 nitrogen and oxygen atoms in total. The highest BCUT2D eigenvalue weighted by atomic mass is 16.6. The fraction of sp³-hybridized carbons (Fsp3) is 0.167. The van der Waals surface area contributed by atoms with Crippen molar-refractivity contribution in [2.24, 2.45) is 5.73 Å². The number of nitrogens with one attached hydrogen (secondary N) is 1. The zero-order chi connectivity index (χ0) is 21.4. The van der Waals surface area contributed by atoms with E-state index in [1.54, 1.807) is 18.3 Å². The van der Waals surface area contributed by atoms with Gasteiger partial charge in [-0.05, 0) is 37.0 Å². The molecule has 1 amide bonds. The van der Waals surface area contributed by atoms with E-state index in [1.165, 1.54) is 11.9 Å². The molecule has 1 aliphatic rings. The maximum Gasteiger partial charge on any atom is 0.436 e. The number of amides is 1. The van der Waals surface area contributed by atoms with Gasteiger partial charge in [-0.3, -0.25) is 9.61 Å². The first-order valence-corrected chi connectivity index (χ1v) is 10.2. The molecule has 156 valence electrons. The van der Waals surface area contributed by atoms with Gasteiger partial charge in [-0.1, -0.05) is 54.6 Å². The molecule has 0 atom stereocenters. The fourth-order valence-electron chi connectivity index (χ4n) is 4.09. The van der Waals surface area contributed by atoms with Crippen LogP contribution >= 0.6 is 0 Å². The Hall–Kier alpha value is -3.68. The summed E-state index contributed by atoms with van der Waals surface area (Å²) < 4.78 is 6.97. The van der Waals surface area contributed by atoms with E-state index in [1.807, 2.05) is 34.7 Å². The minimum absolute atomic E-state index is 0.209. The van der Waals surface area contributed by atoms with Crippen LogP contribution in [0.4, 0.5) is 4.79 Å². The summed E-state index contributed by atoms with van der Waals surface area (Å²) in [6, 6.07) is 21.6. The monoisotopic (exact) mass is 414 g/mol. The molecule has 4 aromatic rings. The predicted octanol–water partition coefficient (Wildman–Crippen LogP) is 4.48. The second-order valence-corrected chi connectivity index (χ2v) is 7.86. The Morgan fingerprint density at radius 1 is 1.03 bits per heavy atom. The molecule has 7 heteroatoms. The molecule has 0 bridgehead atoms. The third kappa shape index (κ3) is 3.43. The van der Waals surface area contributed by atoms with Crippen LogP contribution in [0.25, 0.3) is 28.2 Å². The van der Waals surface area contributed by atoms with Gasteiger partial charge in [-0.15, -0.1) is 0 Å². The topological polar surface area (TPSA) is 102 Å².